The van der Waals surface area contributed by atoms with Gasteiger partial charge in [-0.05, 0) is 17.5 Å². The Bertz CT molecular complexity index is 542. The second-order valence-corrected chi connectivity index (χ2v) is 4.84. The SMILES string of the molecule is O=C(O)N[C@H](COCc1ccccc1)Cc1ccccc1. The van der Waals surface area contributed by atoms with Gasteiger partial charge in [0.2, 0.25) is 0 Å². The topological polar surface area (TPSA) is 58.6 Å². The van der Waals surface area contributed by atoms with Gasteiger partial charge in [-0.15, -0.1) is 0 Å². The molecule has 0 spiro atoms. The lowest BCUT2D eigenvalue weighted by Crippen LogP contribution is -2.38. The fraction of sp³-hybridized carbons (Fsp3) is 0.235. The van der Waals surface area contributed by atoms with Gasteiger partial charge in [0.25, 0.3) is 0 Å². The van der Waals surface area contributed by atoms with Gasteiger partial charge < -0.3 is 15.2 Å². The van der Waals surface area contributed by atoms with Crippen molar-refractivity contribution in [3.8, 4) is 0 Å². The molecule has 2 aromatic rings. The molecule has 0 aliphatic carbocycles. The van der Waals surface area contributed by atoms with Crippen molar-refractivity contribution in [3.05, 3.63) is 71.8 Å². The molecule has 21 heavy (non-hydrogen) atoms. The lowest BCUT2D eigenvalue weighted by molar-refractivity contribution is 0.0964. The van der Waals surface area contributed by atoms with Gasteiger partial charge in [0.1, 0.15) is 0 Å². The molecule has 4 heteroatoms. The summed E-state index contributed by atoms with van der Waals surface area (Å²) < 4.78 is 5.63. The Morgan fingerprint density at radius 1 is 1.00 bits per heavy atom. The molecule has 1 atom stereocenters. The van der Waals surface area contributed by atoms with Gasteiger partial charge in [0.05, 0.1) is 19.3 Å². The molecule has 2 aromatic carbocycles. The maximum atomic E-state index is 10.9. The average molecular weight is 285 g/mol. The van der Waals surface area contributed by atoms with Crippen LogP contribution < -0.4 is 5.32 Å². The van der Waals surface area contributed by atoms with Gasteiger partial charge in [-0.3, -0.25) is 0 Å². The second-order valence-electron chi connectivity index (χ2n) is 4.84. The van der Waals surface area contributed by atoms with Gasteiger partial charge in [-0.2, -0.15) is 0 Å². The first-order valence-electron chi connectivity index (χ1n) is 6.89. The van der Waals surface area contributed by atoms with E-state index in [2.05, 4.69) is 5.32 Å². The summed E-state index contributed by atoms with van der Waals surface area (Å²) in [4.78, 5) is 10.9. The highest BCUT2D eigenvalue weighted by atomic mass is 16.5. The van der Waals surface area contributed by atoms with Gasteiger partial charge in [0.15, 0.2) is 0 Å². The average Bonchev–Trinajstić information content (AvgIpc) is 2.49. The van der Waals surface area contributed by atoms with E-state index in [1.54, 1.807) is 0 Å². The molecular formula is C17H19NO3. The van der Waals surface area contributed by atoms with Gasteiger partial charge in [-0.1, -0.05) is 60.7 Å². The van der Waals surface area contributed by atoms with Crippen LogP contribution >= 0.6 is 0 Å². The minimum Gasteiger partial charge on any atom is -0.465 e. The third kappa shape index (κ3) is 5.67. The Balaban J connectivity index is 1.86. The summed E-state index contributed by atoms with van der Waals surface area (Å²) in [6, 6.07) is 19.4. The summed E-state index contributed by atoms with van der Waals surface area (Å²) in [5.74, 6) is 0. The first-order chi connectivity index (χ1) is 10.2. The van der Waals surface area contributed by atoms with Crippen molar-refractivity contribution in [2.45, 2.75) is 19.1 Å². The molecule has 0 heterocycles. The van der Waals surface area contributed by atoms with Crippen molar-refractivity contribution in [1.82, 2.24) is 5.32 Å². The highest BCUT2D eigenvalue weighted by Gasteiger charge is 2.12. The Morgan fingerprint density at radius 2 is 1.57 bits per heavy atom. The van der Waals surface area contributed by atoms with E-state index in [1.807, 2.05) is 60.7 Å². The van der Waals surface area contributed by atoms with E-state index in [9.17, 15) is 4.79 Å². The molecule has 4 nitrogen and oxygen atoms in total. The van der Waals surface area contributed by atoms with E-state index in [4.69, 9.17) is 9.84 Å². The number of carboxylic acid groups (broad SMARTS) is 1. The maximum Gasteiger partial charge on any atom is 0.404 e. The van der Waals surface area contributed by atoms with Crippen LogP contribution in [0.2, 0.25) is 0 Å². The third-order valence-electron chi connectivity index (χ3n) is 3.08. The predicted octanol–water partition coefficient (Wildman–Crippen LogP) is 3.08. The predicted molar refractivity (Wildman–Crippen MR) is 81.2 cm³/mol. The quantitative estimate of drug-likeness (QED) is 0.822. The van der Waals surface area contributed by atoms with Crippen molar-refractivity contribution in [1.29, 1.82) is 0 Å². The zero-order valence-corrected chi connectivity index (χ0v) is 11.7. The van der Waals surface area contributed by atoms with Gasteiger partial charge >= 0.3 is 6.09 Å². The largest absolute Gasteiger partial charge is 0.465 e. The summed E-state index contributed by atoms with van der Waals surface area (Å²) in [5.41, 5.74) is 2.16. The Labute approximate surface area is 124 Å². The Morgan fingerprint density at radius 3 is 2.14 bits per heavy atom. The monoisotopic (exact) mass is 285 g/mol. The van der Waals surface area contributed by atoms with E-state index >= 15 is 0 Å². The molecule has 1 amide bonds. The van der Waals surface area contributed by atoms with Crippen LogP contribution in [0.5, 0.6) is 0 Å². The number of carbonyl (C=O) groups is 1. The fourth-order valence-corrected chi connectivity index (χ4v) is 2.12. The number of amides is 1. The summed E-state index contributed by atoms with van der Waals surface area (Å²) in [6.07, 6.45) is -0.415. The summed E-state index contributed by atoms with van der Waals surface area (Å²) in [7, 11) is 0. The summed E-state index contributed by atoms with van der Waals surface area (Å²) in [5, 5.41) is 11.4. The molecule has 0 bridgehead atoms. The highest BCUT2D eigenvalue weighted by Crippen LogP contribution is 2.06. The minimum atomic E-state index is -1.03. The molecule has 2 N–H and O–H groups in total. The summed E-state index contributed by atoms with van der Waals surface area (Å²) >= 11 is 0. The molecule has 0 aliphatic rings. The number of hydrogen-bond donors (Lipinski definition) is 2. The van der Waals surface area contributed by atoms with E-state index < -0.39 is 6.09 Å². The van der Waals surface area contributed by atoms with Crippen LogP contribution in [0.25, 0.3) is 0 Å². The lowest BCUT2D eigenvalue weighted by atomic mass is 10.1. The Kier molecular flexibility index (Phi) is 5.79. The van der Waals surface area contributed by atoms with E-state index in [1.165, 1.54) is 0 Å². The minimum absolute atomic E-state index is 0.256. The molecule has 110 valence electrons. The molecule has 0 aromatic heterocycles. The number of benzene rings is 2. The van der Waals surface area contributed by atoms with Crippen molar-refractivity contribution < 1.29 is 14.6 Å². The summed E-state index contributed by atoms with van der Waals surface area (Å²) in [6.45, 7) is 0.823. The van der Waals surface area contributed by atoms with Crippen LogP contribution in [0.15, 0.2) is 60.7 Å². The lowest BCUT2D eigenvalue weighted by Gasteiger charge is -2.17. The van der Waals surface area contributed by atoms with Crippen LogP contribution in [0.1, 0.15) is 11.1 Å². The first-order valence-corrected chi connectivity index (χ1v) is 6.89. The van der Waals surface area contributed by atoms with Crippen molar-refractivity contribution in [2.24, 2.45) is 0 Å². The normalized spacial score (nSPS) is 11.8. The number of rotatable bonds is 7. The standard InChI is InChI=1S/C17H19NO3/c19-17(20)18-16(11-14-7-3-1-4-8-14)13-21-12-15-9-5-2-6-10-15/h1-10,16,18H,11-13H2,(H,19,20)/t16-/m0/s1. The number of hydrogen-bond acceptors (Lipinski definition) is 2. The highest BCUT2D eigenvalue weighted by molar-refractivity contribution is 5.64. The molecule has 0 saturated heterocycles. The van der Waals surface area contributed by atoms with Crippen molar-refractivity contribution in [3.63, 3.8) is 0 Å². The van der Waals surface area contributed by atoms with Crippen molar-refractivity contribution in [2.75, 3.05) is 6.61 Å². The first kappa shape index (κ1) is 15.1. The van der Waals surface area contributed by atoms with E-state index in [0.29, 0.717) is 19.6 Å². The Hall–Kier alpha value is -2.33. The molecule has 0 fully saturated rings. The molecule has 2 rings (SSSR count). The zero-order chi connectivity index (χ0) is 14.9. The second kappa shape index (κ2) is 8.07. The van der Waals surface area contributed by atoms with Crippen LogP contribution in [0.3, 0.4) is 0 Å². The van der Waals surface area contributed by atoms with Gasteiger partial charge in [0, 0.05) is 0 Å². The molecular weight excluding hydrogens is 266 g/mol. The molecule has 0 radical (unpaired) electrons. The maximum absolute atomic E-state index is 10.9. The van der Waals surface area contributed by atoms with Crippen LogP contribution in [-0.4, -0.2) is 23.8 Å². The van der Waals surface area contributed by atoms with Crippen LogP contribution in [0, 0.1) is 0 Å². The number of nitrogens with one attached hydrogen (secondary N) is 1. The zero-order valence-electron chi connectivity index (χ0n) is 11.7. The third-order valence-corrected chi connectivity index (χ3v) is 3.08. The smallest absolute Gasteiger partial charge is 0.404 e. The van der Waals surface area contributed by atoms with Gasteiger partial charge in [-0.25, -0.2) is 4.79 Å². The van der Waals surface area contributed by atoms with E-state index in [0.717, 1.165) is 11.1 Å². The fourth-order valence-electron chi connectivity index (χ4n) is 2.12. The molecule has 0 unspecified atom stereocenters. The van der Waals surface area contributed by atoms with Crippen molar-refractivity contribution >= 4 is 6.09 Å². The van der Waals surface area contributed by atoms with Crippen LogP contribution in [0.4, 0.5) is 4.79 Å². The molecule has 0 aliphatic heterocycles. The molecule has 0 saturated carbocycles. The van der Waals surface area contributed by atoms with E-state index in [-0.39, 0.29) is 6.04 Å². The van der Waals surface area contributed by atoms with Crippen LogP contribution in [-0.2, 0) is 17.8 Å². The number of ether oxygens (including phenoxy) is 1.